The van der Waals surface area contributed by atoms with Gasteiger partial charge in [-0.1, -0.05) is 48.5 Å². The van der Waals surface area contributed by atoms with Crippen LogP contribution in [-0.2, 0) is 0 Å². The third-order valence-electron chi connectivity index (χ3n) is 3.80. The Kier molecular flexibility index (Phi) is 3.32. The molecule has 18 heavy (non-hydrogen) atoms. The van der Waals surface area contributed by atoms with Crippen molar-refractivity contribution in [3.05, 3.63) is 70.8 Å². The van der Waals surface area contributed by atoms with Crippen molar-refractivity contribution in [3.8, 4) is 0 Å². The van der Waals surface area contributed by atoms with Gasteiger partial charge in [-0.15, -0.1) is 23.2 Å². The summed E-state index contributed by atoms with van der Waals surface area (Å²) >= 11 is 12.4. The average molecular weight is 277 g/mol. The highest BCUT2D eigenvalue weighted by Gasteiger charge is 2.30. The largest absolute Gasteiger partial charge is 0.126 e. The topological polar surface area (TPSA) is 0 Å². The van der Waals surface area contributed by atoms with E-state index in [2.05, 4.69) is 48.5 Å². The lowest BCUT2D eigenvalue weighted by molar-refractivity contribution is 0.779. The Bertz CT molecular complexity index is 465. The molecule has 1 aliphatic rings. The van der Waals surface area contributed by atoms with Crippen LogP contribution in [0.25, 0.3) is 0 Å². The van der Waals surface area contributed by atoms with Crippen LogP contribution in [0.2, 0.25) is 0 Å². The summed E-state index contributed by atoms with van der Waals surface area (Å²) in [6, 6.07) is 17.0. The zero-order valence-corrected chi connectivity index (χ0v) is 11.5. The minimum Gasteiger partial charge on any atom is -0.126 e. The van der Waals surface area contributed by atoms with Gasteiger partial charge in [0.15, 0.2) is 0 Å². The fraction of sp³-hybridized carbons (Fsp3) is 0.250. The fourth-order valence-corrected chi connectivity index (χ4v) is 3.62. The average Bonchev–Trinajstić information content (AvgIpc) is 2.44. The summed E-state index contributed by atoms with van der Waals surface area (Å²) in [6.45, 7) is 0. The molecule has 0 unspecified atom stereocenters. The molecule has 0 saturated heterocycles. The first-order valence-corrected chi connectivity index (χ1v) is 7.23. The molecule has 92 valence electrons. The molecule has 3 rings (SSSR count). The number of fused-ring (bicyclic) bond motifs is 2. The minimum atomic E-state index is 0.290. The molecule has 2 aromatic rings. The van der Waals surface area contributed by atoms with Gasteiger partial charge < -0.3 is 0 Å². The van der Waals surface area contributed by atoms with Crippen LogP contribution in [0.5, 0.6) is 0 Å². The van der Waals surface area contributed by atoms with Crippen LogP contribution in [-0.4, -0.2) is 11.8 Å². The molecule has 0 aromatic heterocycles. The lowest BCUT2D eigenvalue weighted by atomic mass is 9.74. The standard InChI is InChI=1S/C16H14Cl2/c17-9-15-11-5-1-2-6-12(11)16(10-18)14-8-4-3-7-13(14)15/h1-8,15-16H,9-10H2. The number of benzene rings is 2. The Hall–Kier alpha value is -0.980. The van der Waals surface area contributed by atoms with E-state index in [1.807, 2.05) is 0 Å². The Morgan fingerprint density at radius 2 is 0.889 bits per heavy atom. The Morgan fingerprint density at radius 3 is 1.11 bits per heavy atom. The normalized spacial score (nSPS) is 21.2. The number of hydrogen-bond acceptors (Lipinski definition) is 0. The van der Waals surface area contributed by atoms with E-state index in [4.69, 9.17) is 23.2 Å². The molecule has 0 atom stereocenters. The molecule has 0 heterocycles. The van der Waals surface area contributed by atoms with Gasteiger partial charge in [-0.05, 0) is 22.3 Å². The van der Waals surface area contributed by atoms with E-state index in [0.717, 1.165) is 0 Å². The van der Waals surface area contributed by atoms with Gasteiger partial charge >= 0.3 is 0 Å². The third kappa shape index (κ3) is 1.75. The van der Waals surface area contributed by atoms with Crippen molar-refractivity contribution in [2.45, 2.75) is 11.8 Å². The highest BCUT2D eigenvalue weighted by Crippen LogP contribution is 2.43. The van der Waals surface area contributed by atoms with E-state index in [-0.39, 0.29) is 0 Å². The molecule has 0 N–H and O–H groups in total. The SMILES string of the molecule is ClCC1c2ccccc2C(CCl)c2ccccc21. The lowest BCUT2D eigenvalue weighted by Gasteiger charge is -2.32. The molecule has 0 spiro atoms. The molecular weight excluding hydrogens is 263 g/mol. The number of hydrogen-bond donors (Lipinski definition) is 0. The molecule has 0 fully saturated rings. The monoisotopic (exact) mass is 276 g/mol. The van der Waals surface area contributed by atoms with Crippen LogP contribution in [0.4, 0.5) is 0 Å². The first kappa shape index (κ1) is 12.1. The van der Waals surface area contributed by atoms with Gasteiger partial charge in [-0.3, -0.25) is 0 Å². The molecule has 2 aromatic carbocycles. The highest BCUT2D eigenvalue weighted by atomic mass is 35.5. The molecule has 1 aliphatic carbocycles. The van der Waals surface area contributed by atoms with Gasteiger partial charge in [0.25, 0.3) is 0 Å². The zero-order valence-electron chi connectivity index (χ0n) is 9.94. The summed E-state index contributed by atoms with van der Waals surface area (Å²) in [5.41, 5.74) is 5.32. The third-order valence-corrected chi connectivity index (χ3v) is 4.42. The maximum atomic E-state index is 6.19. The summed E-state index contributed by atoms with van der Waals surface area (Å²) in [5, 5.41) is 0. The van der Waals surface area contributed by atoms with Crippen LogP contribution in [0.1, 0.15) is 34.1 Å². The van der Waals surface area contributed by atoms with E-state index >= 15 is 0 Å². The van der Waals surface area contributed by atoms with Gasteiger partial charge in [0, 0.05) is 23.6 Å². The molecule has 0 radical (unpaired) electrons. The predicted octanol–water partition coefficient (Wildman–Crippen LogP) is 4.74. The predicted molar refractivity (Wildman–Crippen MR) is 78.0 cm³/mol. The summed E-state index contributed by atoms with van der Waals surface area (Å²) in [4.78, 5) is 0. The zero-order chi connectivity index (χ0) is 12.5. The van der Waals surface area contributed by atoms with Crippen molar-refractivity contribution < 1.29 is 0 Å². The second-order valence-corrected chi connectivity index (χ2v) is 5.29. The second kappa shape index (κ2) is 4.95. The summed E-state index contributed by atoms with van der Waals surface area (Å²) in [6.07, 6.45) is 0. The van der Waals surface area contributed by atoms with Gasteiger partial charge in [0.2, 0.25) is 0 Å². The molecule has 0 bridgehead atoms. The smallest absolute Gasteiger partial charge is 0.0333 e. The molecule has 0 aliphatic heterocycles. The second-order valence-electron chi connectivity index (χ2n) is 4.67. The molecule has 0 amide bonds. The van der Waals surface area contributed by atoms with E-state index in [1.165, 1.54) is 22.3 Å². The molecular formula is C16H14Cl2. The van der Waals surface area contributed by atoms with Crippen molar-refractivity contribution in [2.24, 2.45) is 0 Å². The van der Waals surface area contributed by atoms with Crippen LogP contribution in [0.3, 0.4) is 0 Å². The van der Waals surface area contributed by atoms with Crippen molar-refractivity contribution in [1.82, 2.24) is 0 Å². The van der Waals surface area contributed by atoms with Gasteiger partial charge in [-0.2, -0.15) is 0 Å². The summed E-state index contributed by atoms with van der Waals surface area (Å²) < 4.78 is 0. The Labute approximate surface area is 118 Å². The minimum absolute atomic E-state index is 0.290. The van der Waals surface area contributed by atoms with E-state index in [9.17, 15) is 0 Å². The first-order chi connectivity index (χ1) is 8.86. The van der Waals surface area contributed by atoms with E-state index in [0.29, 0.717) is 23.6 Å². The van der Waals surface area contributed by atoms with Crippen LogP contribution >= 0.6 is 23.2 Å². The van der Waals surface area contributed by atoms with Crippen LogP contribution in [0, 0.1) is 0 Å². The van der Waals surface area contributed by atoms with E-state index < -0.39 is 0 Å². The molecule has 0 nitrogen and oxygen atoms in total. The van der Waals surface area contributed by atoms with E-state index in [1.54, 1.807) is 0 Å². The maximum absolute atomic E-state index is 6.19. The van der Waals surface area contributed by atoms with Gasteiger partial charge in [0.1, 0.15) is 0 Å². The van der Waals surface area contributed by atoms with Crippen molar-refractivity contribution in [2.75, 3.05) is 11.8 Å². The van der Waals surface area contributed by atoms with Crippen LogP contribution in [0.15, 0.2) is 48.5 Å². The van der Waals surface area contributed by atoms with Crippen LogP contribution < -0.4 is 0 Å². The Morgan fingerprint density at radius 1 is 0.611 bits per heavy atom. The summed E-state index contributed by atoms with van der Waals surface area (Å²) in [5.74, 6) is 1.81. The number of alkyl halides is 2. The highest BCUT2D eigenvalue weighted by molar-refractivity contribution is 6.19. The maximum Gasteiger partial charge on any atom is 0.0333 e. The number of halogens is 2. The van der Waals surface area contributed by atoms with Crippen molar-refractivity contribution >= 4 is 23.2 Å². The number of rotatable bonds is 2. The molecule has 0 saturated carbocycles. The van der Waals surface area contributed by atoms with Gasteiger partial charge in [0.05, 0.1) is 0 Å². The van der Waals surface area contributed by atoms with Crippen molar-refractivity contribution in [3.63, 3.8) is 0 Å². The fourth-order valence-electron chi connectivity index (χ4n) is 2.96. The van der Waals surface area contributed by atoms with Gasteiger partial charge in [-0.25, -0.2) is 0 Å². The first-order valence-electron chi connectivity index (χ1n) is 6.16. The van der Waals surface area contributed by atoms with Crippen molar-refractivity contribution in [1.29, 1.82) is 0 Å². The molecule has 2 heteroatoms. The summed E-state index contributed by atoms with van der Waals surface area (Å²) in [7, 11) is 0. The lowest BCUT2D eigenvalue weighted by Crippen LogP contribution is -2.20. The Balaban J connectivity index is 2.25. The quantitative estimate of drug-likeness (QED) is 0.695.